The summed E-state index contributed by atoms with van der Waals surface area (Å²) >= 11 is 1.35. The van der Waals surface area contributed by atoms with Crippen LogP contribution in [0.25, 0.3) is 6.08 Å². The number of likely N-dealkylation sites (N-methyl/N-ethyl adjacent to an activating group) is 1. The van der Waals surface area contributed by atoms with Crippen molar-refractivity contribution in [2.45, 2.75) is 20.3 Å². The number of para-hydroxylation sites is 1. The Morgan fingerprint density at radius 2 is 1.89 bits per heavy atom. The van der Waals surface area contributed by atoms with Crippen LogP contribution in [0.3, 0.4) is 0 Å². The number of phenolic OH excluding ortho intramolecular Hbond substituents is 1. The number of hydrogen-bond donors (Lipinski definition) is 1. The van der Waals surface area contributed by atoms with Gasteiger partial charge in [0.15, 0.2) is 5.17 Å². The summed E-state index contributed by atoms with van der Waals surface area (Å²) in [5.74, 6) is 0.892. The molecule has 1 N–H and O–H groups in total. The van der Waals surface area contributed by atoms with Gasteiger partial charge in [-0.2, -0.15) is 0 Å². The largest absolute Gasteiger partial charge is 0.508 e. The van der Waals surface area contributed by atoms with Crippen LogP contribution in [0, 0.1) is 0 Å². The van der Waals surface area contributed by atoms with Crippen molar-refractivity contribution in [3.8, 4) is 11.5 Å². The highest BCUT2D eigenvalue weighted by atomic mass is 32.2. The number of nitrogens with zero attached hydrogens (tertiary/aromatic N) is 2. The molecule has 0 radical (unpaired) electrons. The maximum Gasteiger partial charge on any atom is 0.266 e. The minimum Gasteiger partial charge on any atom is -0.508 e. The van der Waals surface area contributed by atoms with Crippen molar-refractivity contribution in [1.29, 1.82) is 0 Å². The molecule has 1 saturated heterocycles. The van der Waals surface area contributed by atoms with Gasteiger partial charge < -0.3 is 9.84 Å². The monoisotopic (exact) mass is 382 g/mol. The first-order chi connectivity index (χ1) is 13.1. The van der Waals surface area contributed by atoms with E-state index in [9.17, 15) is 9.90 Å². The van der Waals surface area contributed by atoms with E-state index in [4.69, 9.17) is 4.74 Å². The van der Waals surface area contributed by atoms with Crippen LogP contribution in [0.15, 0.2) is 58.4 Å². The molecule has 0 aromatic heterocycles. The number of carbonyl (C=O) groups is 1. The second kappa shape index (κ2) is 8.77. The van der Waals surface area contributed by atoms with E-state index >= 15 is 0 Å². The normalized spacial score (nSPS) is 17.1. The molecule has 0 bridgehead atoms. The van der Waals surface area contributed by atoms with Crippen LogP contribution < -0.4 is 4.74 Å². The lowest BCUT2D eigenvalue weighted by molar-refractivity contribution is -0.122. The zero-order valence-electron chi connectivity index (χ0n) is 15.4. The Hall–Kier alpha value is -2.73. The molecular formula is C21H22N2O3S. The van der Waals surface area contributed by atoms with Crippen molar-refractivity contribution in [1.82, 2.24) is 4.90 Å². The standard InChI is InChI=1S/C21H22N2O3S/c1-3-13-26-18-8-6-5-7-15(18)14-19-20(25)23(4-2)21(27-19)22-16-9-11-17(24)12-10-16/h5-12,14,24H,3-4,13H2,1-2H3/b19-14-,22-21?. The van der Waals surface area contributed by atoms with Crippen molar-refractivity contribution in [2.24, 2.45) is 4.99 Å². The molecule has 3 rings (SSSR count). The van der Waals surface area contributed by atoms with E-state index in [2.05, 4.69) is 11.9 Å². The molecule has 0 unspecified atom stereocenters. The molecular weight excluding hydrogens is 360 g/mol. The van der Waals surface area contributed by atoms with Crippen molar-refractivity contribution >= 4 is 34.6 Å². The van der Waals surface area contributed by atoms with Crippen molar-refractivity contribution in [3.05, 3.63) is 59.0 Å². The Morgan fingerprint density at radius 1 is 1.15 bits per heavy atom. The lowest BCUT2D eigenvalue weighted by atomic mass is 10.2. The summed E-state index contributed by atoms with van der Waals surface area (Å²) in [6, 6.07) is 14.3. The van der Waals surface area contributed by atoms with Gasteiger partial charge in [-0.3, -0.25) is 9.69 Å². The fourth-order valence-electron chi connectivity index (χ4n) is 2.59. The minimum absolute atomic E-state index is 0.0645. The molecule has 2 aromatic rings. The number of carbonyl (C=O) groups excluding carboxylic acids is 1. The molecule has 1 aliphatic heterocycles. The SMILES string of the molecule is CCCOc1ccccc1/C=C1\SC(=Nc2ccc(O)cc2)N(CC)C1=O. The average molecular weight is 382 g/mol. The summed E-state index contributed by atoms with van der Waals surface area (Å²) in [4.78, 5) is 19.6. The third-order valence-corrected chi connectivity index (χ3v) is 4.95. The first kappa shape index (κ1) is 19.0. The molecule has 0 atom stereocenters. The zero-order chi connectivity index (χ0) is 19.2. The van der Waals surface area contributed by atoms with Crippen LogP contribution in [0.1, 0.15) is 25.8 Å². The highest BCUT2D eigenvalue weighted by Gasteiger charge is 2.32. The minimum atomic E-state index is -0.0645. The summed E-state index contributed by atoms with van der Waals surface area (Å²) in [6.45, 7) is 5.15. The summed E-state index contributed by atoms with van der Waals surface area (Å²) in [6.07, 6.45) is 2.78. The summed E-state index contributed by atoms with van der Waals surface area (Å²) < 4.78 is 5.79. The molecule has 6 heteroatoms. The third kappa shape index (κ3) is 4.52. The summed E-state index contributed by atoms with van der Waals surface area (Å²) in [5, 5.41) is 10.0. The van der Waals surface area contributed by atoms with E-state index in [1.54, 1.807) is 29.2 Å². The maximum absolute atomic E-state index is 12.8. The highest BCUT2D eigenvalue weighted by molar-refractivity contribution is 8.18. The highest BCUT2D eigenvalue weighted by Crippen LogP contribution is 2.35. The van der Waals surface area contributed by atoms with E-state index in [0.717, 1.165) is 17.7 Å². The van der Waals surface area contributed by atoms with E-state index in [-0.39, 0.29) is 11.7 Å². The van der Waals surface area contributed by atoms with E-state index in [0.29, 0.717) is 28.9 Å². The molecule has 0 spiro atoms. The van der Waals surface area contributed by atoms with Gasteiger partial charge in [-0.25, -0.2) is 4.99 Å². The number of benzene rings is 2. The number of aliphatic imine (C=N–C) groups is 1. The van der Waals surface area contributed by atoms with Gasteiger partial charge in [0.05, 0.1) is 17.2 Å². The number of rotatable bonds is 6. The van der Waals surface area contributed by atoms with Crippen LogP contribution in [0.5, 0.6) is 11.5 Å². The molecule has 0 saturated carbocycles. The number of thioether (sulfide) groups is 1. The Kier molecular flexibility index (Phi) is 6.19. The number of hydrogen-bond acceptors (Lipinski definition) is 5. The molecule has 1 heterocycles. The number of phenols is 1. The summed E-state index contributed by atoms with van der Waals surface area (Å²) in [5.41, 5.74) is 1.57. The van der Waals surface area contributed by atoms with Gasteiger partial charge in [0.1, 0.15) is 11.5 Å². The lowest BCUT2D eigenvalue weighted by Crippen LogP contribution is -2.28. The predicted octanol–water partition coefficient (Wildman–Crippen LogP) is 4.80. The van der Waals surface area contributed by atoms with Crippen molar-refractivity contribution < 1.29 is 14.6 Å². The number of ether oxygens (including phenoxy) is 1. The quantitative estimate of drug-likeness (QED) is 0.729. The third-order valence-electron chi connectivity index (χ3n) is 3.95. The van der Waals surface area contributed by atoms with Gasteiger partial charge in [-0.05, 0) is 61.5 Å². The van der Waals surface area contributed by atoms with Gasteiger partial charge in [0.2, 0.25) is 0 Å². The van der Waals surface area contributed by atoms with Crippen LogP contribution in [-0.2, 0) is 4.79 Å². The van der Waals surface area contributed by atoms with Crippen LogP contribution in [0.2, 0.25) is 0 Å². The molecule has 1 aliphatic rings. The second-order valence-electron chi connectivity index (χ2n) is 5.96. The van der Waals surface area contributed by atoms with Crippen LogP contribution >= 0.6 is 11.8 Å². The van der Waals surface area contributed by atoms with Crippen molar-refractivity contribution in [2.75, 3.05) is 13.2 Å². The molecule has 0 aliphatic carbocycles. The van der Waals surface area contributed by atoms with Crippen LogP contribution in [0.4, 0.5) is 5.69 Å². The topological polar surface area (TPSA) is 62.1 Å². The van der Waals surface area contributed by atoms with E-state index < -0.39 is 0 Å². The van der Waals surface area contributed by atoms with Gasteiger partial charge in [-0.1, -0.05) is 25.1 Å². The molecule has 27 heavy (non-hydrogen) atoms. The van der Waals surface area contributed by atoms with Gasteiger partial charge in [-0.15, -0.1) is 0 Å². The Bertz CT molecular complexity index is 875. The molecule has 5 nitrogen and oxygen atoms in total. The molecule has 140 valence electrons. The number of amides is 1. The van der Waals surface area contributed by atoms with E-state index in [1.165, 1.54) is 11.8 Å². The fourth-order valence-corrected chi connectivity index (χ4v) is 3.65. The summed E-state index contributed by atoms with van der Waals surface area (Å²) in [7, 11) is 0. The Balaban J connectivity index is 1.90. The molecule has 2 aromatic carbocycles. The lowest BCUT2D eigenvalue weighted by Gasteiger charge is -2.12. The fraction of sp³-hybridized carbons (Fsp3) is 0.238. The Labute approximate surface area is 163 Å². The average Bonchev–Trinajstić information content (AvgIpc) is 2.97. The Morgan fingerprint density at radius 3 is 2.59 bits per heavy atom. The smallest absolute Gasteiger partial charge is 0.266 e. The first-order valence-electron chi connectivity index (χ1n) is 8.93. The van der Waals surface area contributed by atoms with Gasteiger partial charge in [0.25, 0.3) is 5.91 Å². The van der Waals surface area contributed by atoms with Gasteiger partial charge in [0, 0.05) is 12.1 Å². The zero-order valence-corrected chi connectivity index (χ0v) is 16.2. The number of aromatic hydroxyl groups is 1. The molecule has 1 fully saturated rings. The number of amidine groups is 1. The molecule has 1 amide bonds. The van der Waals surface area contributed by atoms with Crippen molar-refractivity contribution in [3.63, 3.8) is 0 Å². The first-order valence-corrected chi connectivity index (χ1v) is 9.75. The van der Waals surface area contributed by atoms with Gasteiger partial charge >= 0.3 is 0 Å². The second-order valence-corrected chi connectivity index (χ2v) is 6.97. The maximum atomic E-state index is 12.8. The van der Waals surface area contributed by atoms with E-state index in [1.807, 2.05) is 37.3 Å². The van der Waals surface area contributed by atoms with Crippen LogP contribution in [-0.4, -0.2) is 34.2 Å². The predicted molar refractivity (Wildman–Crippen MR) is 110 cm³/mol.